The molecule has 82 valence electrons. The summed E-state index contributed by atoms with van der Waals surface area (Å²) < 4.78 is 0. The lowest BCUT2D eigenvalue weighted by Crippen LogP contribution is -2.36. The number of benzene rings is 1. The van der Waals surface area contributed by atoms with Gasteiger partial charge >= 0.3 is 0 Å². The minimum absolute atomic E-state index is 1.11. The SMILES string of the molecule is c1ccc(CCCNN2CCCC2)cc1. The maximum absolute atomic E-state index is 3.49. The number of nitrogens with one attached hydrogen (secondary N) is 1. The molecular formula is C13H20N2. The summed E-state index contributed by atoms with van der Waals surface area (Å²) in [6, 6.07) is 10.7. The summed E-state index contributed by atoms with van der Waals surface area (Å²) in [6.07, 6.45) is 5.11. The summed E-state index contributed by atoms with van der Waals surface area (Å²) in [6.45, 7) is 3.56. The molecule has 0 atom stereocenters. The van der Waals surface area contributed by atoms with Gasteiger partial charge in [-0.3, -0.25) is 5.43 Å². The molecule has 0 spiro atoms. The van der Waals surface area contributed by atoms with Crippen LogP contribution in [0.3, 0.4) is 0 Å². The highest BCUT2D eigenvalue weighted by Crippen LogP contribution is 2.05. The van der Waals surface area contributed by atoms with Crippen molar-refractivity contribution in [2.75, 3.05) is 19.6 Å². The quantitative estimate of drug-likeness (QED) is 0.740. The van der Waals surface area contributed by atoms with Crippen LogP contribution in [0.15, 0.2) is 30.3 Å². The van der Waals surface area contributed by atoms with Crippen LogP contribution in [-0.2, 0) is 6.42 Å². The Balaban J connectivity index is 1.59. The van der Waals surface area contributed by atoms with E-state index in [0.717, 1.165) is 6.54 Å². The molecule has 2 heteroatoms. The third kappa shape index (κ3) is 3.65. The van der Waals surface area contributed by atoms with Crippen LogP contribution in [0.25, 0.3) is 0 Å². The first-order chi connectivity index (χ1) is 7.45. The lowest BCUT2D eigenvalue weighted by Gasteiger charge is -2.15. The van der Waals surface area contributed by atoms with E-state index >= 15 is 0 Å². The van der Waals surface area contributed by atoms with Crippen LogP contribution in [0.1, 0.15) is 24.8 Å². The van der Waals surface area contributed by atoms with Gasteiger partial charge in [-0.1, -0.05) is 30.3 Å². The fourth-order valence-corrected chi connectivity index (χ4v) is 2.05. The lowest BCUT2D eigenvalue weighted by atomic mass is 10.1. The van der Waals surface area contributed by atoms with E-state index in [1.54, 1.807) is 0 Å². The number of aryl methyl sites for hydroxylation is 1. The van der Waals surface area contributed by atoms with Crippen LogP contribution in [-0.4, -0.2) is 24.6 Å². The number of rotatable bonds is 5. The molecule has 1 heterocycles. The number of hydrazine groups is 1. The highest BCUT2D eigenvalue weighted by atomic mass is 15.5. The van der Waals surface area contributed by atoms with Crippen molar-refractivity contribution in [1.29, 1.82) is 0 Å². The molecule has 0 saturated carbocycles. The topological polar surface area (TPSA) is 15.3 Å². The number of hydrogen-bond acceptors (Lipinski definition) is 2. The van der Waals surface area contributed by atoms with Crippen molar-refractivity contribution in [1.82, 2.24) is 10.4 Å². The summed E-state index contributed by atoms with van der Waals surface area (Å²) in [7, 11) is 0. The van der Waals surface area contributed by atoms with Crippen LogP contribution >= 0.6 is 0 Å². The second-order valence-electron chi connectivity index (χ2n) is 4.19. The first kappa shape index (κ1) is 10.7. The van der Waals surface area contributed by atoms with E-state index in [-0.39, 0.29) is 0 Å². The summed E-state index contributed by atoms with van der Waals surface area (Å²) in [4.78, 5) is 0. The smallest absolute Gasteiger partial charge is 0.0131 e. The number of nitrogens with zero attached hydrogens (tertiary/aromatic N) is 1. The van der Waals surface area contributed by atoms with Gasteiger partial charge in [0.25, 0.3) is 0 Å². The molecule has 2 rings (SSSR count). The standard InChI is InChI=1S/C13H20N2/c1-2-7-13(8-3-1)9-6-10-14-15-11-4-5-12-15/h1-3,7-8,14H,4-6,9-12H2. The van der Waals surface area contributed by atoms with E-state index in [9.17, 15) is 0 Å². The Morgan fingerprint density at radius 2 is 1.80 bits per heavy atom. The monoisotopic (exact) mass is 204 g/mol. The second-order valence-corrected chi connectivity index (χ2v) is 4.19. The zero-order valence-electron chi connectivity index (χ0n) is 9.28. The van der Waals surface area contributed by atoms with Crippen LogP contribution < -0.4 is 5.43 Å². The molecule has 1 aliphatic heterocycles. The van der Waals surface area contributed by atoms with E-state index in [1.807, 2.05) is 0 Å². The van der Waals surface area contributed by atoms with Gasteiger partial charge < -0.3 is 0 Å². The van der Waals surface area contributed by atoms with Crippen LogP contribution in [0, 0.1) is 0 Å². The second kappa shape index (κ2) is 5.89. The molecule has 1 aromatic rings. The summed E-state index contributed by atoms with van der Waals surface area (Å²) in [5.41, 5.74) is 4.93. The maximum Gasteiger partial charge on any atom is 0.0131 e. The van der Waals surface area contributed by atoms with Crippen molar-refractivity contribution in [2.45, 2.75) is 25.7 Å². The Morgan fingerprint density at radius 1 is 1.07 bits per heavy atom. The van der Waals surface area contributed by atoms with Gasteiger partial charge in [-0.05, 0) is 31.2 Å². The van der Waals surface area contributed by atoms with Crippen LogP contribution in [0.5, 0.6) is 0 Å². The zero-order chi connectivity index (χ0) is 10.3. The van der Waals surface area contributed by atoms with E-state index in [0.29, 0.717) is 0 Å². The zero-order valence-corrected chi connectivity index (χ0v) is 9.28. The van der Waals surface area contributed by atoms with Gasteiger partial charge in [0.15, 0.2) is 0 Å². The first-order valence-electron chi connectivity index (χ1n) is 5.97. The van der Waals surface area contributed by atoms with Crippen LogP contribution in [0.4, 0.5) is 0 Å². The largest absolute Gasteiger partial charge is 0.255 e. The average molecular weight is 204 g/mol. The fourth-order valence-electron chi connectivity index (χ4n) is 2.05. The summed E-state index contributed by atoms with van der Waals surface area (Å²) >= 11 is 0. The Hall–Kier alpha value is -0.860. The van der Waals surface area contributed by atoms with Crippen molar-refractivity contribution in [3.05, 3.63) is 35.9 Å². The van der Waals surface area contributed by atoms with Crippen molar-refractivity contribution < 1.29 is 0 Å². The normalized spacial score (nSPS) is 17.1. The molecule has 1 saturated heterocycles. The van der Waals surface area contributed by atoms with E-state index in [4.69, 9.17) is 0 Å². The first-order valence-corrected chi connectivity index (χ1v) is 5.97. The predicted octanol–water partition coefficient (Wildman–Crippen LogP) is 2.22. The minimum atomic E-state index is 1.11. The third-order valence-electron chi connectivity index (χ3n) is 2.93. The Labute approximate surface area is 92.3 Å². The molecule has 0 aliphatic carbocycles. The summed E-state index contributed by atoms with van der Waals surface area (Å²) in [5.74, 6) is 0. The van der Waals surface area contributed by atoms with Crippen molar-refractivity contribution >= 4 is 0 Å². The molecule has 2 nitrogen and oxygen atoms in total. The average Bonchev–Trinajstić information content (AvgIpc) is 2.79. The van der Waals surface area contributed by atoms with Gasteiger partial charge in [0.2, 0.25) is 0 Å². The highest BCUT2D eigenvalue weighted by molar-refractivity contribution is 5.14. The molecule has 1 fully saturated rings. The van der Waals surface area contributed by atoms with Gasteiger partial charge in [0.1, 0.15) is 0 Å². The molecule has 0 unspecified atom stereocenters. The minimum Gasteiger partial charge on any atom is -0.255 e. The van der Waals surface area contributed by atoms with Gasteiger partial charge in [-0.2, -0.15) is 0 Å². The molecule has 1 N–H and O–H groups in total. The van der Waals surface area contributed by atoms with Crippen LogP contribution in [0.2, 0.25) is 0 Å². The molecular weight excluding hydrogens is 184 g/mol. The molecule has 0 aromatic heterocycles. The Kier molecular flexibility index (Phi) is 4.18. The fraction of sp³-hybridized carbons (Fsp3) is 0.538. The molecule has 0 amide bonds. The lowest BCUT2D eigenvalue weighted by molar-refractivity contribution is 0.235. The molecule has 0 radical (unpaired) electrons. The molecule has 1 aliphatic rings. The Morgan fingerprint density at radius 3 is 2.53 bits per heavy atom. The van der Waals surface area contributed by atoms with Gasteiger partial charge in [-0.25, -0.2) is 5.01 Å². The molecule has 1 aromatic carbocycles. The van der Waals surface area contributed by atoms with E-state index in [2.05, 4.69) is 40.8 Å². The summed E-state index contributed by atoms with van der Waals surface area (Å²) in [5, 5.41) is 2.35. The molecule has 0 bridgehead atoms. The third-order valence-corrected chi connectivity index (χ3v) is 2.93. The van der Waals surface area contributed by atoms with E-state index < -0.39 is 0 Å². The van der Waals surface area contributed by atoms with Gasteiger partial charge in [0, 0.05) is 19.6 Å². The van der Waals surface area contributed by atoms with Crippen molar-refractivity contribution in [3.8, 4) is 0 Å². The maximum atomic E-state index is 3.49. The van der Waals surface area contributed by atoms with Gasteiger partial charge in [-0.15, -0.1) is 0 Å². The highest BCUT2D eigenvalue weighted by Gasteiger charge is 2.09. The molecule has 15 heavy (non-hydrogen) atoms. The van der Waals surface area contributed by atoms with Crippen molar-refractivity contribution in [3.63, 3.8) is 0 Å². The van der Waals surface area contributed by atoms with E-state index in [1.165, 1.54) is 44.3 Å². The van der Waals surface area contributed by atoms with Gasteiger partial charge in [0.05, 0.1) is 0 Å². The van der Waals surface area contributed by atoms with Crippen molar-refractivity contribution in [2.24, 2.45) is 0 Å². The number of hydrogen-bond donors (Lipinski definition) is 1. The predicted molar refractivity (Wildman–Crippen MR) is 63.6 cm³/mol. The Bertz CT molecular complexity index is 265.